The molecular formula is C18H22N2O3S. The van der Waals surface area contributed by atoms with E-state index in [9.17, 15) is 4.79 Å². The number of carbonyl (C=O) groups is 1. The van der Waals surface area contributed by atoms with Crippen molar-refractivity contribution in [1.82, 2.24) is 4.98 Å². The molecule has 5 nitrogen and oxygen atoms in total. The van der Waals surface area contributed by atoms with Gasteiger partial charge in [0, 0.05) is 23.6 Å². The number of nitrogens with one attached hydrogen (secondary N) is 1. The van der Waals surface area contributed by atoms with E-state index in [4.69, 9.17) is 9.47 Å². The number of methoxy groups -OCH3 is 1. The fourth-order valence-electron chi connectivity index (χ4n) is 2.64. The van der Waals surface area contributed by atoms with Gasteiger partial charge in [0.05, 0.1) is 11.8 Å². The van der Waals surface area contributed by atoms with Crippen molar-refractivity contribution < 1.29 is 14.3 Å². The van der Waals surface area contributed by atoms with Crippen LogP contribution in [-0.2, 0) is 9.53 Å². The Morgan fingerprint density at radius 3 is 2.62 bits per heavy atom. The molecule has 1 aliphatic carbocycles. The van der Waals surface area contributed by atoms with Crippen LogP contribution in [0.1, 0.15) is 29.0 Å². The van der Waals surface area contributed by atoms with Crippen molar-refractivity contribution in [2.45, 2.75) is 39.7 Å². The highest BCUT2D eigenvalue weighted by molar-refractivity contribution is 7.13. The third-order valence-corrected chi connectivity index (χ3v) is 5.40. The number of rotatable bonds is 5. The molecule has 1 amide bonds. The Hall–Kier alpha value is -1.92. The second-order valence-electron chi connectivity index (χ2n) is 6.22. The highest BCUT2D eigenvalue weighted by atomic mass is 32.1. The molecule has 1 aromatic heterocycles. The number of hydrogen-bond donors (Lipinski definition) is 1. The predicted octanol–water partition coefficient (Wildman–Crippen LogP) is 4.22. The third kappa shape index (κ3) is 3.60. The third-order valence-electron chi connectivity index (χ3n) is 4.45. The van der Waals surface area contributed by atoms with E-state index >= 15 is 0 Å². The van der Waals surface area contributed by atoms with Gasteiger partial charge in [-0.1, -0.05) is 11.3 Å². The summed E-state index contributed by atoms with van der Waals surface area (Å²) < 4.78 is 11.1. The Balaban J connectivity index is 1.63. The molecule has 0 spiro atoms. The first-order valence-corrected chi connectivity index (χ1v) is 8.84. The van der Waals surface area contributed by atoms with Crippen molar-refractivity contribution >= 4 is 22.9 Å². The summed E-state index contributed by atoms with van der Waals surface area (Å²) in [5.74, 6) is 0.861. The molecule has 1 aliphatic rings. The largest absolute Gasteiger partial charge is 0.431 e. The van der Waals surface area contributed by atoms with Crippen LogP contribution >= 0.6 is 11.3 Å². The van der Waals surface area contributed by atoms with Crippen LogP contribution in [0, 0.1) is 26.7 Å². The SMILES string of the molecule is COC1CC(C(=O)Nc2ccc(Oc3nc(C)c(C)s3)c(C)c2)C1. The molecule has 0 atom stereocenters. The maximum absolute atomic E-state index is 12.2. The lowest BCUT2D eigenvalue weighted by atomic mass is 9.81. The molecule has 1 aromatic carbocycles. The zero-order valence-corrected chi connectivity index (χ0v) is 15.2. The van der Waals surface area contributed by atoms with E-state index in [-0.39, 0.29) is 17.9 Å². The van der Waals surface area contributed by atoms with Crippen molar-refractivity contribution in [1.29, 1.82) is 0 Å². The molecule has 0 saturated heterocycles. The van der Waals surface area contributed by atoms with Gasteiger partial charge in [-0.05, 0) is 57.4 Å². The van der Waals surface area contributed by atoms with Crippen LogP contribution in [0.5, 0.6) is 10.9 Å². The lowest BCUT2D eigenvalue weighted by Gasteiger charge is -2.32. The minimum Gasteiger partial charge on any atom is -0.431 e. The summed E-state index contributed by atoms with van der Waals surface area (Å²) in [7, 11) is 1.69. The number of benzene rings is 1. The first-order valence-electron chi connectivity index (χ1n) is 8.02. The Morgan fingerprint density at radius 1 is 1.29 bits per heavy atom. The Bertz CT molecular complexity index is 731. The Kier molecular flexibility index (Phi) is 4.87. The van der Waals surface area contributed by atoms with Gasteiger partial charge in [-0.2, -0.15) is 0 Å². The summed E-state index contributed by atoms with van der Waals surface area (Å²) in [5.41, 5.74) is 2.74. The average molecular weight is 346 g/mol. The average Bonchev–Trinajstić information content (AvgIpc) is 2.79. The van der Waals surface area contributed by atoms with Gasteiger partial charge in [0.25, 0.3) is 5.19 Å². The summed E-state index contributed by atoms with van der Waals surface area (Å²) >= 11 is 1.53. The second kappa shape index (κ2) is 6.91. The molecule has 0 unspecified atom stereocenters. The smallest absolute Gasteiger partial charge is 0.279 e. The van der Waals surface area contributed by atoms with E-state index in [2.05, 4.69) is 10.3 Å². The van der Waals surface area contributed by atoms with Gasteiger partial charge >= 0.3 is 0 Å². The Labute approximate surface area is 146 Å². The van der Waals surface area contributed by atoms with Gasteiger partial charge in [0.15, 0.2) is 0 Å². The minimum absolute atomic E-state index is 0.0486. The van der Waals surface area contributed by atoms with Gasteiger partial charge < -0.3 is 14.8 Å². The Morgan fingerprint density at radius 2 is 2.04 bits per heavy atom. The molecule has 1 fully saturated rings. The topological polar surface area (TPSA) is 60.5 Å². The molecule has 0 radical (unpaired) electrons. The molecule has 0 aliphatic heterocycles. The van der Waals surface area contributed by atoms with E-state index in [0.29, 0.717) is 5.19 Å². The molecule has 1 heterocycles. The first-order chi connectivity index (χ1) is 11.5. The van der Waals surface area contributed by atoms with Crippen molar-refractivity contribution in [3.8, 4) is 10.9 Å². The fraction of sp³-hybridized carbons (Fsp3) is 0.444. The number of aromatic nitrogens is 1. The maximum atomic E-state index is 12.2. The normalized spacial score (nSPS) is 19.7. The van der Waals surface area contributed by atoms with Crippen LogP contribution in [0.15, 0.2) is 18.2 Å². The van der Waals surface area contributed by atoms with Crippen molar-refractivity contribution in [2.24, 2.45) is 5.92 Å². The summed E-state index contributed by atoms with van der Waals surface area (Å²) in [4.78, 5) is 17.7. The number of amides is 1. The number of thiazole rings is 1. The van der Waals surface area contributed by atoms with E-state index < -0.39 is 0 Å². The summed E-state index contributed by atoms with van der Waals surface area (Å²) in [6.45, 7) is 5.96. The van der Waals surface area contributed by atoms with Crippen LogP contribution in [0.2, 0.25) is 0 Å². The lowest BCUT2D eigenvalue weighted by Crippen LogP contribution is -2.38. The lowest BCUT2D eigenvalue weighted by molar-refractivity contribution is -0.127. The van der Waals surface area contributed by atoms with E-state index in [1.807, 2.05) is 39.0 Å². The van der Waals surface area contributed by atoms with Crippen molar-refractivity contribution in [2.75, 3.05) is 12.4 Å². The number of carbonyl (C=O) groups excluding carboxylic acids is 1. The number of aryl methyl sites for hydroxylation is 3. The van der Waals surface area contributed by atoms with Gasteiger partial charge in [-0.25, -0.2) is 4.98 Å². The monoisotopic (exact) mass is 346 g/mol. The molecule has 1 saturated carbocycles. The van der Waals surface area contributed by atoms with Crippen LogP contribution in [0.4, 0.5) is 5.69 Å². The van der Waals surface area contributed by atoms with E-state index in [1.165, 1.54) is 11.3 Å². The molecule has 128 valence electrons. The second-order valence-corrected chi connectivity index (χ2v) is 7.38. The highest BCUT2D eigenvalue weighted by Crippen LogP contribution is 2.33. The van der Waals surface area contributed by atoms with Crippen LogP contribution in [-0.4, -0.2) is 24.1 Å². The molecule has 24 heavy (non-hydrogen) atoms. The van der Waals surface area contributed by atoms with Gasteiger partial charge in [-0.3, -0.25) is 4.79 Å². The zero-order chi connectivity index (χ0) is 17.3. The van der Waals surface area contributed by atoms with Crippen LogP contribution < -0.4 is 10.1 Å². The molecule has 2 aromatic rings. The van der Waals surface area contributed by atoms with Gasteiger partial charge in [0.2, 0.25) is 5.91 Å². The molecule has 6 heteroatoms. The minimum atomic E-state index is 0.0486. The van der Waals surface area contributed by atoms with Gasteiger partial charge in [-0.15, -0.1) is 0 Å². The molecule has 1 N–H and O–H groups in total. The standard InChI is InChI=1S/C18H22N2O3S/c1-10-7-14(20-17(21)13-8-15(9-13)22-4)5-6-16(10)23-18-19-11(2)12(3)24-18/h5-7,13,15H,8-9H2,1-4H3,(H,20,21). The summed E-state index contributed by atoms with van der Waals surface area (Å²) in [6, 6.07) is 5.66. The number of nitrogens with zero attached hydrogens (tertiary/aromatic N) is 1. The molecule has 3 rings (SSSR count). The predicted molar refractivity (Wildman–Crippen MR) is 95.0 cm³/mol. The quantitative estimate of drug-likeness (QED) is 0.880. The van der Waals surface area contributed by atoms with E-state index in [1.54, 1.807) is 7.11 Å². The maximum Gasteiger partial charge on any atom is 0.279 e. The zero-order valence-electron chi connectivity index (χ0n) is 14.4. The van der Waals surface area contributed by atoms with Crippen LogP contribution in [0.25, 0.3) is 0 Å². The van der Waals surface area contributed by atoms with Gasteiger partial charge in [0.1, 0.15) is 5.75 Å². The summed E-state index contributed by atoms with van der Waals surface area (Å²) in [6.07, 6.45) is 1.82. The highest BCUT2D eigenvalue weighted by Gasteiger charge is 2.34. The summed E-state index contributed by atoms with van der Waals surface area (Å²) in [5, 5.41) is 3.61. The van der Waals surface area contributed by atoms with E-state index in [0.717, 1.165) is 40.4 Å². The van der Waals surface area contributed by atoms with Crippen molar-refractivity contribution in [3.63, 3.8) is 0 Å². The molecule has 0 bridgehead atoms. The number of anilines is 1. The number of ether oxygens (including phenoxy) is 2. The van der Waals surface area contributed by atoms with Crippen molar-refractivity contribution in [3.05, 3.63) is 34.3 Å². The number of hydrogen-bond acceptors (Lipinski definition) is 5. The fourth-order valence-corrected chi connectivity index (χ4v) is 3.41. The molecular weight excluding hydrogens is 324 g/mol. The first kappa shape index (κ1) is 16.9. The van der Waals surface area contributed by atoms with Crippen LogP contribution in [0.3, 0.4) is 0 Å².